The van der Waals surface area contributed by atoms with E-state index in [-0.39, 0.29) is 35.2 Å². The zero-order chi connectivity index (χ0) is 23.6. The number of carbonyl (C=O) groups is 1. The third-order valence-electron chi connectivity index (χ3n) is 5.37. The van der Waals surface area contributed by atoms with Crippen LogP contribution in [0.25, 0.3) is 11.0 Å². The molecule has 170 valence electrons. The zero-order valence-corrected chi connectivity index (χ0v) is 19.8. The van der Waals surface area contributed by atoms with Crippen molar-refractivity contribution in [1.29, 1.82) is 0 Å². The van der Waals surface area contributed by atoms with Crippen LogP contribution in [0.1, 0.15) is 40.9 Å². The summed E-state index contributed by atoms with van der Waals surface area (Å²) in [5, 5.41) is 0.687. The molecule has 3 rings (SSSR count). The highest BCUT2D eigenvalue weighted by molar-refractivity contribution is 7.89. The van der Waals surface area contributed by atoms with Gasteiger partial charge < -0.3 is 9.15 Å². The molecule has 0 saturated carbocycles. The first-order chi connectivity index (χ1) is 15.1. The Kier molecular flexibility index (Phi) is 7.07. The Bertz CT molecular complexity index is 1340. The van der Waals surface area contributed by atoms with Crippen LogP contribution >= 0.6 is 11.6 Å². The number of aryl methyl sites for hydroxylation is 2. The first kappa shape index (κ1) is 24.0. The summed E-state index contributed by atoms with van der Waals surface area (Å²) in [6.45, 7) is 7.56. The van der Waals surface area contributed by atoms with Gasteiger partial charge in [0.15, 0.2) is 0 Å². The molecule has 32 heavy (non-hydrogen) atoms. The standard InChI is InChI=1S/C23H24ClNO6S/c1-5-25(6-2)32(28,29)20-11-16(8-10-19(20)24)23(27)30-13-17-12-21(26)31-22-15(4)14(3)7-9-18(17)22/h7-12H,5-6,13H2,1-4H3. The van der Waals surface area contributed by atoms with Crippen molar-refractivity contribution in [1.82, 2.24) is 4.31 Å². The molecule has 0 N–H and O–H groups in total. The van der Waals surface area contributed by atoms with Crippen molar-refractivity contribution in [3.05, 3.63) is 74.1 Å². The molecule has 0 bridgehead atoms. The van der Waals surface area contributed by atoms with E-state index < -0.39 is 21.6 Å². The lowest BCUT2D eigenvalue weighted by Crippen LogP contribution is -2.31. The molecule has 2 aromatic carbocycles. The fourth-order valence-corrected chi connectivity index (χ4v) is 5.36. The first-order valence-electron chi connectivity index (χ1n) is 10.1. The van der Waals surface area contributed by atoms with Crippen molar-refractivity contribution < 1.29 is 22.4 Å². The number of ether oxygens (including phenoxy) is 1. The van der Waals surface area contributed by atoms with Crippen molar-refractivity contribution in [3.63, 3.8) is 0 Å². The Balaban J connectivity index is 1.91. The predicted octanol–water partition coefficient (Wildman–Crippen LogP) is 4.45. The Morgan fingerprint density at radius 2 is 1.78 bits per heavy atom. The minimum Gasteiger partial charge on any atom is -0.457 e. The number of hydrogen-bond acceptors (Lipinski definition) is 6. The van der Waals surface area contributed by atoms with E-state index in [9.17, 15) is 18.0 Å². The van der Waals surface area contributed by atoms with E-state index in [4.69, 9.17) is 20.8 Å². The van der Waals surface area contributed by atoms with E-state index >= 15 is 0 Å². The molecule has 1 aromatic heterocycles. The lowest BCUT2D eigenvalue weighted by atomic mass is 10.0. The van der Waals surface area contributed by atoms with Crippen LogP contribution in [0.15, 0.2) is 50.5 Å². The number of fused-ring (bicyclic) bond motifs is 1. The fraction of sp³-hybridized carbons (Fsp3) is 0.304. The molecule has 0 atom stereocenters. The number of carbonyl (C=O) groups excluding carboxylic acids is 1. The molecule has 0 fully saturated rings. The van der Waals surface area contributed by atoms with Crippen LogP contribution in [0, 0.1) is 13.8 Å². The maximum atomic E-state index is 12.9. The van der Waals surface area contributed by atoms with E-state index in [0.29, 0.717) is 16.5 Å². The summed E-state index contributed by atoms with van der Waals surface area (Å²) in [4.78, 5) is 24.5. The average Bonchev–Trinajstić information content (AvgIpc) is 2.75. The van der Waals surface area contributed by atoms with Gasteiger partial charge in [-0.3, -0.25) is 0 Å². The Morgan fingerprint density at radius 3 is 2.44 bits per heavy atom. The third-order valence-corrected chi connectivity index (χ3v) is 7.90. The van der Waals surface area contributed by atoms with Gasteiger partial charge in [-0.05, 0) is 43.2 Å². The molecule has 0 aliphatic rings. The molecule has 0 amide bonds. The number of nitrogens with zero attached hydrogens (tertiary/aromatic N) is 1. The van der Waals surface area contributed by atoms with Crippen molar-refractivity contribution in [2.75, 3.05) is 13.1 Å². The summed E-state index contributed by atoms with van der Waals surface area (Å²) in [5.41, 5.74) is 2.24. The third kappa shape index (κ3) is 4.57. The predicted molar refractivity (Wildman–Crippen MR) is 123 cm³/mol. The van der Waals surface area contributed by atoms with E-state index in [1.165, 1.54) is 28.6 Å². The molecule has 0 saturated heterocycles. The van der Waals surface area contributed by atoms with Gasteiger partial charge in [0.1, 0.15) is 17.1 Å². The molecular formula is C23H24ClNO6S. The molecule has 0 spiro atoms. The van der Waals surface area contributed by atoms with E-state index in [0.717, 1.165) is 11.1 Å². The first-order valence-corrected chi connectivity index (χ1v) is 11.9. The van der Waals surface area contributed by atoms with Crippen LogP contribution in [0.3, 0.4) is 0 Å². The lowest BCUT2D eigenvalue weighted by molar-refractivity contribution is 0.0473. The lowest BCUT2D eigenvalue weighted by Gasteiger charge is -2.19. The highest BCUT2D eigenvalue weighted by Gasteiger charge is 2.26. The largest absolute Gasteiger partial charge is 0.457 e. The smallest absolute Gasteiger partial charge is 0.338 e. The van der Waals surface area contributed by atoms with Gasteiger partial charge in [-0.25, -0.2) is 18.0 Å². The molecule has 0 unspecified atom stereocenters. The van der Waals surface area contributed by atoms with Crippen LogP contribution in [-0.4, -0.2) is 31.8 Å². The van der Waals surface area contributed by atoms with Crippen molar-refractivity contribution in [2.45, 2.75) is 39.2 Å². The molecule has 0 aliphatic heterocycles. The molecule has 1 heterocycles. The van der Waals surface area contributed by atoms with Gasteiger partial charge in [-0.2, -0.15) is 4.31 Å². The highest BCUT2D eigenvalue weighted by atomic mass is 35.5. The van der Waals surface area contributed by atoms with Gasteiger partial charge in [0.05, 0.1) is 10.6 Å². The number of rotatable bonds is 7. The number of halogens is 1. The maximum absolute atomic E-state index is 12.9. The molecule has 9 heteroatoms. The van der Waals surface area contributed by atoms with E-state index in [1.54, 1.807) is 19.9 Å². The quantitative estimate of drug-likeness (QED) is 0.368. The van der Waals surface area contributed by atoms with Crippen LogP contribution in [0.4, 0.5) is 0 Å². The summed E-state index contributed by atoms with van der Waals surface area (Å²) in [7, 11) is -3.86. The zero-order valence-electron chi connectivity index (χ0n) is 18.3. The molecular weight excluding hydrogens is 454 g/mol. The minimum atomic E-state index is -3.86. The second kappa shape index (κ2) is 9.44. The average molecular weight is 478 g/mol. The summed E-state index contributed by atoms with van der Waals surface area (Å²) in [5.74, 6) is -0.733. The normalized spacial score (nSPS) is 11.8. The Morgan fingerprint density at radius 1 is 1.09 bits per heavy atom. The highest BCUT2D eigenvalue weighted by Crippen LogP contribution is 2.27. The fourth-order valence-electron chi connectivity index (χ4n) is 3.40. The maximum Gasteiger partial charge on any atom is 0.338 e. The molecule has 7 nitrogen and oxygen atoms in total. The van der Waals surface area contributed by atoms with Crippen LogP contribution in [-0.2, 0) is 21.4 Å². The summed E-state index contributed by atoms with van der Waals surface area (Å²) in [6, 6.07) is 8.95. The van der Waals surface area contributed by atoms with Crippen LogP contribution in [0.5, 0.6) is 0 Å². The summed E-state index contributed by atoms with van der Waals surface area (Å²) < 4.78 is 37.7. The molecule has 3 aromatic rings. The Labute approximate surface area is 191 Å². The number of sulfonamides is 1. The van der Waals surface area contributed by atoms with Gasteiger partial charge in [-0.15, -0.1) is 0 Å². The Hall–Kier alpha value is -2.68. The van der Waals surface area contributed by atoms with Crippen molar-refractivity contribution >= 4 is 38.6 Å². The van der Waals surface area contributed by atoms with Gasteiger partial charge in [-0.1, -0.05) is 37.6 Å². The van der Waals surface area contributed by atoms with E-state index in [2.05, 4.69) is 0 Å². The molecule has 0 radical (unpaired) electrons. The van der Waals surface area contributed by atoms with Gasteiger partial charge in [0.2, 0.25) is 10.0 Å². The van der Waals surface area contributed by atoms with Crippen LogP contribution < -0.4 is 5.63 Å². The van der Waals surface area contributed by atoms with Crippen molar-refractivity contribution in [2.24, 2.45) is 0 Å². The van der Waals surface area contributed by atoms with E-state index in [1.807, 2.05) is 19.9 Å². The number of benzene rings is 2. The van der Waals surface area contributed by atoms with Crippen molar-refractivity contribution in [3.8, 4) is 0 Å². The van der Waals surface area contributed by atoms with Gasteiger partial charge in [0, 0.05) is 30.1 Å². The summed E-state index contributed by atoms with van der Waals surface area (Å²) in [6.07, 6.45) is 0. The summed E-state index contributed by atoms with van der Waals surface area (Å²) >= 11 is 6.12. The topological polar surface area (TPSA) is 93.9 Å². The number of hydrogen-bond donors (Lipinski definition) is 0. The number of esters is 1. The SMILES string of the molecule is CCN(CC)S(=O)(=O)c1cc(C(=O)OCc2cc(=O)oc3c(C)c(C)ccc23)ccc1Cl. The van der Waals surface area contributed by atoms with Gasteiger partial charge >= 0.3 is 11.6 Å². The second-order valence-electron chi connectivity index (χ2n) is 7.29. The minimum absolute atomic E-state index is 0.0194. The van der Waals surface area contributed by atoms with Crippen LogP contribution in [0.2, 0.25) is 5.02 Å². The van der Waals surface area contributed by atoms with Gasteiger partial charge in [0.25, 0.3) is 0 Å². The second-order valence-corrected chi connectivity index (χ2v) is 9.60. The molecule has 0 aliphatic carbocycles. The monoisotopic (exact) mass is 477 g/mol.